The monoisotopic (exact) mass is 366 g/mol. The molecule has 3 aromatic heterocycles. The van der Waals surface area contributed by atoms with Gasteiger partial charge in [-0.1, -0.05) is 13.8 Å². The van der Waals surface area contributed by atoms with E-state index < -0.39 is 0 Å². The molecule has 3 aromatic rings. The van der Waals surface area contributed by atoms with Crippen molar-refractivity contribution in [3.8, 4) is 0 Å². The van der Waals surface area contributed by atoms with E-state index in [-0.39, 0.29) is 6.10 Å². The zero-order valence-electron chi connectivity index (χ0n) is 16.0. The largest absolute Gasteiger partial charge is 0.432 e. The Bertz CT molecular complexity index is 989. The number of hydrogen-bond donors (Lipinski definition) is 1. The first kappa shape index (κ1) is 16.9. The first-order chi connectivity index (χ1) is 13.2. The van der Waals surface area contributed by atoms with Crippen molar-refractivity contribution < 1.29 is 9.15 Å². The second-order valence-electron chi connectivity index (χ2n) is 8.17. The predicted molar refractivity (Wildman–Crippen MR) is 105 cm³/mol. The summed E-state index contributed by atoms with van der Waals surface area (Å²) in [5.74, 6) is 1.32. The lowest BCUT2D eigenvalue weighted by molar-refractivity contribution is 0.120. The fourth-order valence-corrected chi connectivity index (χ4v) is 4.47. The summed E-state index contributed by atoms with van der Waals surface area (Å²) in [6.45, 7) is 6.08. The summed E-state index contributed by atoms with van der Waals surface area (Å²) in [6, 6.07) is 0. The molecule has 0 unspecified atom stereocenters. The third kappa shape index (κ3) is 2.96. The number of furan rings is 1. The Morgan fingerprint density at radius 3 is 2.89 bits per heavy atom. The van der Waals surface area contributed by atoms with Crippen LogP contribution >= 0.6 is 0 Å². The van der Waals surface area contributed by atoms with E-state index in [1.807, 2.05) is 0 Å². The molecule has 142 valence electrons. The third-order valence-corrected chi connectivity index (χ3v) is 5.68. The van der Waals surface area contributed by atoms with Crippen LogP contribution in [-0.2, 0) is 24.0 Å². The maximum Gasteiger partial charge on any atom is 0.229 e. The fraction of sp³-hybridized carbons (Fsp3) is 0.571. The van der Waals surface area contributed by atoms with Crippen molar-refractivity contribution in [3.05, 3.63) is 23.1 Å². The lowest BCUT2D eigenvalue weighted by Crippen LogP contribution is -2.19. The molecule has 6 nitrogen and oxygen atoms in total. The van der Waals surface area contributed by atoms with Gasteiger partial charge in [0.25, 0.3) is 0 Å². The summed E-state index contributed by atoms with van der Waals surface area (Å²) in [6.07, 6.45) is 8.46. The lowest BCUT2D eigenvalue weighted by atomic mass is 9.99. The van der Waals surface area contributed by atoms with Gasteiger partial charge >= 0.3 is 0 Å². The number of nitrogens with one attached hydrogen (secondary N) is 1. The van der Waals surface area contributed by atoms with Gasteiger partial charge in [0.05, 0.1) is 11.5 Å². The number of anilines is 1. The van der Waals surface area contributed by atoms with Gasteiger partial charge in [0.2, 0.25) is 5.71 Å². The Balaban J connectivity index is 1.60. The van der Waals surface area contributed by atoms with Crippen LogP contribution in [0.15, 0.2) is 10.7 Å². The first-order valence-electron chi connectivity index (χ1n) is 10.1. The molecule has 1 aliphatic heterocycles. The Labute approximate surface area is 158 Å². The van der Waals surface area contributed by atoms with Gasteiger partial charge in [0.1, 0.15) is 11.8 Å². The molecule has 1 fully saturated rings. The number of fused-ring (bicyclic) bond motifs is 5. The number of aryl methyl sites for hydroxylation is 1. The van der Waals surface area contributed by atoms with E-state index in [0.717, 1.165) is 62.0 Å². The van der Waals surface area contributed by atoms with Gasteiger partial charge in [-0.2, -0.15) is 0 Å². The van der Waals surface area contributed by atoms with Crippen LogP contribution in [0, 0.1) is 5.92 Å². The molecule has 1 aliphatic carbocycles. The molecule has 1 N–H and O–H groups in total. The van der Waals surface area contributed by atoms with Gasteiger partial charge in [0, 0.05) is 18.8 Å². The average Bonchev–Trinajstić information content (AvgIpc) is 3.37. The lowest BCUT2D eigenvalue weighted by Gasteiger charge is -2.10. The first-order valence-corrected chi connectivity index (χ1v) is 10.1. The number of rotatable bonds is 5. The number of pyridine rings is 1. The van der Waals surface area contributed by atoms with Gasteiger partial charge in [-0.25, -0.2) is 15.0 Å². The Morgan fingerprint density at radius 1 is 1.19 bits per heavy atom. The molecule has 5 rings (SSSR count). The number of hydrogen-bond acceptors (Lipinski definition) is 6. The maximum absolute atomic E-state index is 6.21. The molecule has 0 aromatic carbocycles. The molecule has 6 heteroatoms. The fourth-order valence-electron chi connectivity index (χ4n) is 4.47. The molecule has 0 amide bonds. The molecular formula is C21H26N4O2. The average molecular weight is 366 g/mol. The van der Waals surface area contributed by atoms with Crippen molar-refractivity contribution in [3.63, 3.8) is 0 Å². The van der Waals surface area contributed by atoms with Crippen LogP contribution in [0.2, 0.25) is 0 Å². The second kappa shape index (κ2) is 6.75. The Morgan fingerprint density at radius 2 is 2.07 bits per heavy atom. The van der Waals surface area contributed by atoms with Crippen molar-refractivity contribution in [1.29, 1.82) is 0 Å². The second-order valence-corrected chi connectivity index (χ2v) is 8.17. The summed E-state index contributed by atoms with van der Waals surface area (Å²) in [5, 5.41) is 4.50. The summed E-state index contributed by atoms with van der Waals surface area (Å²) in [5.41, 5.74) is 6.32. The van der Waals surface area contributed by atoms with Crippen LogP contribution in [0.3, 0.4) is 0 Å². The highest BCUT2D eigenvalue weighted by molar-refractivity contribution is 6.06. The van der Waals surface area contributed by atoms with Gasteiger partial charge in [-0.15, -0.1) is 0 Å². The maximum atomic E-state index is 6.21. The zero-order valence-corrected chi connectivity index (χ0v) is 16.0. The third-order valence-electron chi connectivity index (χ3n) is 5.68. The summed E-state index contributed by atoms with van der Waals surface area (Å²) in [7, 11) is 0. The van der Waals surface area contributed by atoms with Crippen LogP contribution in [0.5, 0.6) is 0 Å². The highest BCUT2D eigenvalue weighted by Gasteiger charge is 2.26. The molecule has 2 aliphatic rings. The highest BCUT2D eigenvalue weighted by atomic mass is 16.5. The van der Waals surface area contributed by atoms with E-state index in [1.165, 1.54) is 23.2 Å². The molecule has 4 heterocycles. The Hall–Kier alpha value is -2.21. The van der Waals surface area contributed by atoms with Crippen molar-refractivity contribution in [2.75, 3.05) is 18.5 Å². The van der Waals surface area contributed by atoms with E-state index in [4.69, 9.17) is 14.1 Å². The van der Waals surface area contributed by atoms with Crippen molar-refractivity contribution in [2.24, 2.45) is 5.92 Å². The molecule has 0 bridgehead atoms. The topological polar surface area (TPSA) is 73.1 Å². The quantitative estimate of drug-likeness (QED) is 0.734. The summed E-state index contributed by atoms with van der Waals surface area (Å²) in [4.78, 5) is 13.9. The van der Waals surface area contributed by atoms with Crippen LogP contribution in [0.1, 0.15) is 49.9 Å². The standard InChI is InChI=1S/C21H26N4O2/c1-12(2)9-16-14-6-3-7-15(14)17-18-19(27-21(17)25-16)20(24-11-23-18)22-10-13-5-4-8-26-13/h11-13H,3-10H2,1-2H3,(H,22,23,24)/t13-/m1/s1. The minimum absolute atomic E-state index is 0.249. The zero-order chi connectivity index (χ0) is 18.4. The van der Waals surface area contributed by atoms with Gasteiger partial charge in [0.15, 0.2) is 11.4 Å². The molecule has 1 atom stereocenters. The van der Waals surface area contributed by atoms with Crippen molar-refractivity contribution >= 4 is 28.0 Å². The molecule has 0 spiro atoms. The predicted octanol–water partition coefficient (Wildman–Crippen LogP) is 4.05. The SMILES string of the molecule is CC(C)Cc1nc2oc3c(NC[C@H]4CCCO4)ncnc3c2c2c1CCC2. The smallest absolute Gasteiger partial charge is 0.229 e. The normalized spacial score (nSPS) is 19.4. The molecule has 0 saturated carbocycles. The van der Waals surface area contributed by atoms with E-state index in [9.17, 15) is 0 Å². The number of nitrogens with zero attached hydrogens (tertiary/aromatic N) is 3. The van der Waals surface area contributed by atoms with Gasteiger partial charge in [-0.3, -0.25) is 0 Å². The van der Waals surface area contributed by atoms with Crippen molar-refractivity contribution in [2.45, 2.75) is 58.5 Å². The van der Waals surface area contributed by atoms with Crippen molar-refractivity contribution in [1.82, 2.24) is 15.0 Å². The minimum atomic E-state index is 0.249. The van der Waals surface area contributed by atoms with Crippen LogP contribution in [0.25, 0.3) is 22.2 Å². The number of ether oxygens (including phenoxy) is 1. The summed E-state index contributed by atoms with van der Waals surface area (Å²) >= 11 is 0. The van der Waals surface area contributed by atoms with Crippen LogP contribution < -0.4 is 5.32 Å². The molecule has 1 saturated heterocycles. The molecule has 27 heavy (non-hydrogen) atoms. The van der Waals surface area contributed by atoms with E-state index in [2.05, 4.69) is 29.1 Å². The van der Waals surface area contributed by atoms with Crippen LogP contribution in [-0.4, -0.2) is 34.2 Å². The molecular weight excluding hydrogens is 340 g/mol. The number of aromatic nitrogens is 3. The molecule has 0 radical (unpaired) electrons. The minimum Gasteiger partial charge on any atom is -0.432 e. The Kier molecular flexibility index (Phi) is 4.23. The summed E-state index contributed by atoms with van der Waals surface area (Å²) < 4.78 is 11.9. The van der Waals surface area contributed by atoms with E-state index in [1.54, 1.807) is 6.33 Å². The van der Waals surface area contributed by atoms with E-state index >= 15 is 0 Å². The van der Waals surface area contributed by atoms with E-state index in [0.29, 0.717) is 17.2 Å². The van der Waals surface area contributed by atoms with Gasteiger partial charge < -0.3 is 14.5 Å². The van der Waals surface area contributed by atoms with Gasteiger partial charge in [-0.05, 0) is 55.6 Å². The highest BCUT2D eigenvalue weighted by Crippen LogP contribution is 2.38. The van der Waals surface area contributed by atoms with Crippen LogP contribution in [0.4, 0.5) is 5.82 Å².